The lowest BCUT2D eigenvalue weighted by Crippen LogP contribution is -2.56. The summed E-state index contributed by atoms with van der Waals surface area (Å²) in [5, 5.41) is 13.2. The summed E-state index contributed by atoms with van der Waals surface area (Å²) in [5.74, 6) is 2.19. The summed E-state index contributed by atoms with van der Waals surface area (Å²) >= 11 is 3.34. The van der Waals surface area contributed by atoms with Crippen LogP contribution in [0.2, 0.25) is 0 Å². The maximum atomic E-state index is 4.68. The van der Waals surface area contributed by atoms with Crippen molar-refractivity contribution >= 4 is 28.1 Å². The van der Waals surface area contributed by atoms with Gasteiger partial charge < -0.3 is 5.73 Å². The lowest BCUT2D eigenvalue weighted by atomic mass is 10.1. The zero-order valence-corrected chi connectivity index (χ0v) is 15.5. The average Bonchev–Trinajstić information content (AvgIpc) is 3.07. The molecule has 3 aromatic rings. The topological polar surface area (TPSA) is 70.7 Å². The molecular formula is C16H22N5S2+. The van der Waals surface area contributed by atoms with E-state index in [9.17, 15) is 0 Å². The molecule has 23 heavy (non-hydrogen) atoms. The maximum Gasteiger partial charge on any atom is 0.235 e. The van der Waals surface area contributed by atoms with Gasteiger partial charge in [-0.25, -0.2) is 0 Å². The van der Waals surface area contributed by atoms with Gasteiger partial charge in [-0.3, -0.25) is 0 Å². The highest BCUT2D eigenvalue weighted by Crippen LogP contribution is 2.29. The van der Waals surface area contributed by atoms with Crippen LogP contribution in [0.25, 0.3) is 4.96 Å². The first-order valence-electron chi connectivity index (χ1n) is 7.70. The Kier molecular flexibility index (Phi) is 4.70. The molecule has 0 fully saturated rings. The number of fused-ring (bicyclic) bond motifs is 1. The maximum absolute atomic E-state index is 4.68. The van der Waals surface area contributed by atoms with Crippen LogP contribution in [0.5, 0.6) is 0 Å². The third-order valence-electron chi connectivity index (χ3n) is 3.99. The van der Waals surface area contributed by atoms with Gasteiger partial charge in [-0.2, -0.15) is 4.52 Å². The predicted octanol–water partition coefficient (Wildman–Crippen LogP) is 3.03. The van der Waals surface area contributed by atoms with Gasteiger partial charge in [-0.05, 0) is 25.0 Å². The van der Waals surface area contributed by atoms with Crippen molar-refractivity contribution in [3.63, 3.8) is 0 Å². The molecular weight excluding hydrogens is 326 g/mol. The molecule has 0 saturated carbocycles. The molecule has 1 aromatic carbocycles. The number of hydrogen-bond donors (Lipinski definition) is 1. The van der Waals surface area contributed by atoms with Crippen LogP contribution >= 0.6 is 23.1 Å². The standard InChI is InChI=1S/C16H21N5S2/c1-9(2)13(17)14-18-19-15-21(14)20-16(23-15)22-8-12-7-10(3)5-6-11(12)4/h5-7,9,13H,8,17H2,1-4H3/p+1/t13-/m0/s1. The van der Waals surface area contributed by atoms with Crippen molar-refractivity contribution < 1.29 is 5.73 Å². The Morgan fingerprint density at radius 2 is 2.04 bits per heavy atom. The molecule has 3 N–H and O–H groups in total. The van der Waals surface area contributed by atoms with Gasteiger partial charge in [0.15, 0.2) is 4.34 Å². The Hall–Kier alpha value is -1.44. The van der Waals surface area contributed by atoms with Gasteiger partial charge in [0.2, 0.25) is 10.8 Å². The van der Waals surface area contributed by atoms with Gasteiger partial charge in [0.05, 0.1) is 0 Å². The fraction of sp³-hybridized carbons (Fsp3) is 0.438. The van der Waals surface area contributed by atoms with E-state index < -0.39 is 0 Å². The van der Waals surface area contributed by atoms with Crippen molar-refractivity contribution in [2.45, 2.75) is 43.8 Å². The smallest absolute Gasteiger partial charge is 0.235 e. The van der Waals surface area contributed by atoms with Crippen LogP contribution in [-0.4, -0.2) is 19.8 Å². The van der Waals surface area contributed by atoms with E-state index in [4.69, 9.17) is 0 Å². The summed E-state index contributed by atoms with van der Waals surface area (Å²) < 4.78 is 2.88. The monoisotopic (exact) mass is 348 g/mol. The molecule has 3 rings (SSSR count). The fourth-order valence-electron chi connectivity index (χ4n) is 2.30. The lowest BCUT2D eigenvalue weighted by molar-refractivity contribution is -0.440. The zero-order chi connectivity index (χ0) is 16.6. The van der Waals surface area contributed by atoms with Gasteiger partial charge in [0, 0.05) is 11.7 Å². The number of aryl methyl sites for hydroxylation is 2. The minimum atomic E-state index is 0.101. The van der Waals surface area contributed by atoms with Crippen LogP contribution in [0.4, 0.5) is 0 Å². The third kappa shape index (κ3) is 3.41. The van der Waals surface area contributed by atoms with Gasteiger partial charge in [-0.1, -0.05) is 60.7 Å². The van der Waals surface area contributed by atoms with Crippen LogP contribution in [0.3, 0.4) is 0 Å². The largest absolute Gasteiger partial charge is 0.348 e. The summed E-state index contributed by atoms with van der Waals surface area (Å²) in [7, 11) is 0. The number of benzene rings is 1. The normalized spacial score (nSPS) is 13.1. The van der Waals surface area contributed by atoms with E-state index in [2.05, 4.69) is 66.9 Å². The molecule has 0 saturated heterocycles. The highest BCUT2D eigenvalue weighted by molar-refractivity contribution is 8.00. The highest BCUT2D eigenvalue weighted by atomic mass is 32.2. The fourth-order valence-corrected chi connectivity index (χ4v) is 4.24. The van der Waals surface area contributed by atoms with Gasteiger partial charge >= 0.3 is 0 Å². The molecule has 5 nitrogen and oxygen atoms in total. The summed E-state index contributed by atoms with van der Waals surface area (Å²) in [6, 6.07) is 6.68. The van der Waals surface area contributed by atoms with E-state index in [0.29, 0.717) is 5.92 Å². The first-order chi connectivity index (χ1) is 11.0. The molecule has 0 unspecified atom stereocenters. The summed E-state index contributed by atoms with van der Waals surface area (Å²) in [6.07, 6.45) is 0. The van der Waals surface area contributed by atoms with Gasteiger partial charge in [0.25, 0.3) is 0 Å². The van der Waals surface area contributed by atoms with E-state index in [1.165, 1.54) is 16.7 Å². The number of hydrogen-bond acceptors (Lipinski definition) is 5. The number of quaternary nitrogens is 1. The van der Waals surface area contributed by atoms with Gasteiger partial charge in [0.1, 0.15) is 6.04 Å². The Balaban J connectivity index is 1.80. The Labute approximate surface area is 144 Å². The molecule has 7 heteroatoms. The van der Waals surface area contributed by atoms with Gasteiger partial charge in [-0.15, -0.1) is 15.3 Å². The molecule has 0 aliphatic carbocycles. The SMILES string of the molecule is Cc1ccc(C)c(CSc2nn3c([C@@H]([NH3+])C(C)C)nnc3s2)c1. The number of thioether (sulfide) groups is 1. The second kappa shape index (κ2) is 6.59. The molecule has 0 amide bonds. The zero-order valence-electron chi connectivity index (χ0n) is 13.9. The van der Waals surface area contributed by atoms with Crippen molar-refractivity contribution in [1.82, 2.24) is 19.8 Å². The average molecular weight is 349 g/mol. The van der Waals surface area contributed by atoms with Crippen LogP contribution in [0.15, 0.2) is 22.5 Å². The van der Waals surface area contributed by atoms with Crippen molar-refractivity contribution in [3.8, 4) is 0 Å². The number of nitrogens with zero attached hydrogens (tertiary/aromatic N) is 4. The second-order valence-electron chi connectivity index (χ2n) is 6.19. The number of rotatable bonds is 5. The molecule has 2 aromatic heterocycles. The van der Waals surface area contributed by atoms with Crippen LogP contribution in [0, 0.1) is 19.8 Å². The quantitative estimate of drug-likeness (QED) is 0.720. The van der Waals surface area contributed by atoms with Crippen molar-refractivity contribution in [1.29, 1.82) is 0 Å². The van der Waals surface area contributed by atoms with E-state index in [-0.39, 0.29) is 6.04 Å². The highest BCUT2D eigenvalue weighted by Gasteiger charge is 2.23. The molecule has 0 radical (unpaired) electrons. The van der Waals surface area contributed by atoms with E-state index >= 15 is 0 Å². The molecule has 0 spiro atoms. The first-order valence-corrected chi connectivity index (χ1v) is 9.50. The van der Waals surface area contributed by atoms with E-state index in [1.54, 1.807) is 23.1 Å². The molecule has 0 bridgehead atoms. The van der Waals surface area contributed by atoms with E-state index in [1.807, 2.05) is 4.52 Å². The van der Waals surface area contributed by atoms with Crippen molar-refractivity contribution in [3.05, 3.63) is 40.7 Å². The predicted molar refractivity (Wildman–Crippen MR) is 94.6 cm³/mol. The summed E-state index contributed by atoms with van der Waals surface area (Å²) in [4.78, 5) is 0.845. The lowest BCUT2D eigenvalue weighted by Gasteiger charge is -2.08. The molecule has 0 aliphatic heterocycles. The molecule has 122 valence electrons. The van der Waals surface area contributed by atoms with E-state index in [0.717, 1.165) is 20.9 Å². The Morgan fingerprint density at radius 1 is 1.26 bits per heavy atom. The first kappa shape index (κ1) is 16.4. The number of aromatic nitrogens is 4. The van der Waals surface area contributed by atoms with Crippen molar-refractivity contribution in [2.24, 2.45) is 5.92 Å². The second-order valence-corrected chi connectivity index (χ2v) is 8.37. The van der Waals surface area contributed by atoms with Crippen LogP contribution in [0.1, 0.15) is 42.4 Å². The van der Waals surface area contributed by atoms with Crippen molar-refractivity contribution in [2.75, 3.05) is 0 Å². The summed E-state index contributed by atoms with van der Waals surface area (Å²) in [6.45, 7) is 8.56. The third-order valence-corrected chi connectivity index (χ3v) is 6.07. The molecule has 0 aliphatic rings. The van der Waals surface area contributed by atoms with Crippen LogP contribution in [-0.2, 0) is 5.75 Å². The minimum absolute atomic E-state index is 0.101. The molecule has 2 heterocycles. The Bertz CT molecular complexity index is 821. The molecule has 1 atom stereocenters. The minimum Gasteiger partial charge on any atom is -0.348 e. The summed E-state index contributed by atoms with van der Waals surface area (Å²) in [5.41, 5.74) is 8.17. The Morgan fingerprint density at radius 3 is 2.78 bits per heavy atom. The van der Waals surface area contributed by atoms with Crippen LogP contribution < -0.4 is 5.73 Å².